The van der Waals surface area contributed by atoms with E-state index in [1.807, 2.05) is 26.0 Å². The van der Waals surface area contributed by atoms with Gasteiger partial charge in [-0.15, -0.1) is 0 Å². The topological polar surface area (TPSA) is 68.5 Å². The lowest BCUT2D eigenvalue weighted by molar-refractivity contribution is -0.152. The summed E-state index contributed by atoms with van der Waals surface area (Å²) in [4.78, 5) is 24.3. The van der Waals surface area contributed by atoms with Gasteiger partial charge in [-0.25, -0.2) is 13.2 Å². The fraction of sp³-hybridized carbons (Fsp3) is 0.238. The van der Waals surface area contributed by atoms with E-state index >= 15 is 0 Å². The van der Waals surface area contributed by atoms with Gasteiger partial charge in [0.1, 0.15) is 5.58 Å². The first kappa shape index (κ1) is 20.4. The molecule has 5 nitrogen and oxygen atoms in total. The smallest absolute Gasteiger partial charge is 0.311 e. The second-order valence-corrected chi connectivity index (χ2v) is 6.67. The van der Waals surface area contributed by atoms with Crippen LogP contribution in [0.4, 0.5) is 18.9 Å². The predicted molar refractivity (Wildman–Crippen MR) is 99.9 cm³/mol. The van der Waals surface area contributed by atoms with E-state index in [-0.39, 0.29) is 6.42 Å². The fourth-order valence-corrected chi connectivity index (χ4v) is 2.83. The maximum Gasteiger partial charge on any atom is 0.311 e. The Morgan fingerprint density at radius 3 is 2.55 bits per heavy atom. The summed E-state index contributed by atoms with van der Waals surface area (Å²) in [6, 6.07) is 5.31. The molecule has 3 aromatic rings. The average molecular weight is 405 g/mol. The van der Waals surface area contributed by atoms with E-state index in [4.69, 9.17) is 9.15 Å². The van der Waals surface area contributed by atoms with Gasteiger partial charge in [-0.3, -0.25) is 9.59 Å². The number of fused-ring (bicyclic) bond motifs is 1. The van der Waals surface area contributed by atoms with Crippen molar-refractivity contribution < 1.29 is 31.9 Å². The molecule has 0 spiro atoms. The van der Waals surface area contributed by atoms with Gasteiger partial charge in [-0.05, 0) is 44.0 Å². The first-order chi connectivity index (χ1) is 13.7. The number of furan rings is 1. The van der Waals surface area contributed by atoms with Crippen molar-refractivity contribution in [2.45, 2.75) is 33.3 Å². The molecule has 29 heavy (non-hydrogen) atoms. The lowest BCUT2D eigenvalue weighted by atomic mass is 10.0. The molecule has 0 radical (unpaired) electrons. The first-order valence-corrected chi connectivity index (χ1v) is 8.79. The molecule has 8 heteroatoms. The van der Waals surface area contributed by atoms with Gasteiger partial charge in [-0.1, -0.05) is 12.1 Å². The lowest BCUT2D eigenvalue weighted by Gasteiger charge is -2.14. The highest BCUT2D eigenvalue weighted by atomic mass is 19.2. The third-order valence-electron chi connectivity index (χ3n) is 4.65. The molecule has 0 fully saturated rings. The van der Waals surface area contributed by atoms with Gasteiger partial charge in [0.25, 0.3) is 5.91 Å². The van der Waals surface area contributed by atoms with Gasteiger partial charge in [0.05, 0.1) is 18.4 Å². The van der Waals surface area contributed by atoms with Crippen molar-refractivity contribution in [2.75, 3.05) is 5.32 Å². The predicted octanol–water partition coefficient (Wildman–Crippen LogP) is 4.58. The zero-order valence-corrected chi connectivity index (χ0v) is 15.9. The highest BCUT2D eigenvalue weighted by Gasteiger charge is 2.22. The Bertz CT molecular complexity index is 1110. The normalized spacial score (nSPS) is 12.1. The molecule has 0 aliphatic carbocycles. The Morgan fingerprint density at radius 2 is 1.83 bits per heavy atom. The van der Waals surface area contributed by atoms with E-state index in [9.17, 15) is 22.8 Å². The minimum Gasteiger partial charge on any atom is -0.464 e. The van der Waals surface area contributed by atoms with Crippen molar-refractivity contribution in [3.63, 3.8) is 0 Å². The van der Waals surface area contributed by atoms with Crippen LogP contribution in [0.2, 0.25) is 0 Å². The van der Waals surface area contributed by atoms with Crippen molar-refractivity contribution in [3.05, 3.63) is 64.7 Å². The number of carbonyl (C=O) groups excluding carboxylic acids is 2. The zero-order valence-electron chi connectivity index (χ0n) is 15.9. The van der Waals surface area contributed by atoms with Gasteiger partial charge in [-0.2, -0.15) is 0 Å². The van der Waals surface area contributed by atoms with E-state index in [1.165, 1.54) is 13.2 Å². The van der Waals surface area contributed by atoms with Crippen LogP contribution >= 0.6 is 0 Å². The second kappa shape index (κ2) is 7.98. The molecule has 1 amide bonds. The van der Waals surface area contributed by atoms with Crippen LogP contribution < -0.4 is 5.32 Å². The number of anilines is 1. The summed E-state index contributed by atoms with van der Waals surface area (Å²) in [6.07, 6.45) is 0.0454. The number of hydrogen-bond acceptors (Lipinski definition) is 4. The van der Waals surface area contributed by atoms with E-state index in [1.54, 1.807) is 0 Å². The van der Waals surface area contributed by atoms with Gasteiger partial charge >= 0.3 is 5.97 Å². The summed E-state index contributed by atoms with van der Waals surface area (Å²) in [5.74, 6) is -6.19. The number of amides is 1. The third-order valence-corrected chi connectivity index (χ3v) is 4.65. The maximum absolute atomic E-state index is 13.7. The quantitative estimate of drug-likeness (QED) is 0.498. The van der Waals surface area contributed by atoms with Crippen molar-refractivity contribution >= 4 is 28.5 Å². The molecule has 0 saturated carbocycles. The van der Waals surface area contributed by atoms with Crippen molar-refractivity contribution in [1.29, 1.82) is 0 Å². The Labute approximate surface area is 164 Å². The van der Waals surface area contributed by atoms with Crippen LogP contribution in [-0.2, 0) is 20.7 Å². The van der Waals surface area contributed by atoms with Crippen LogP contribution in [0.25, 0.3) is 11.0 Å². The fourth-order valence-electron chi connectivity index (χ4n) is 2.83. The van der Waals surface area contributed by atoms with E-state index in [0.29, 0.717) is 17.2 Å². The SMILES string of the molecule is Cc1ccc2c(CC(=O)O[C@@H](C)C(=O)Nc3ccc(F)c(F)c3F)coc2c1C. The van der Waals surface area contributed by atoms with E-state index in [0.717, 1.165) is 22.6 Å². The van der Waals surface area contributed by atoms with Crippen molar-refractivity contribution in [1.82, 2.24) is 0 Å². The first-order valence-electron chi connectivity index (χ1n) is 8.79. The molecule has 152 valence electrons. The highest BCUT2D eigenvalue weighted by molar-refractivity contribution is 5.95. The van der Waals surface area contributed by atoms with Gasteiger partial charge < -0.3 is 14.5 Å². The van der Waals surface area contributed by atoms with E-state index < -0.39 is 41.1 Å². The monoisotopic (exact) mass is 405 g/mol. The van der Waals surface area contributed by atoms with Crippen LogP contribution in [0, 0.1) is 31.3 Å². The van der Waals surface area contributed by atoms with Crippen LogP contribution in [0.15, 0.2) is 34.9 Å². The molecule has 0 bridgehead atoms. The van der Waals surface area contributed by atoms with E-state index in [2.05, 4.69) is 5.32 Å². The van der Waals surface area contributed by atoms with Crippen LogP contribution in [0.5, 0.6) is 0 Å². The summed E-state index contributed by atoms with van der Waals surface area (Å²) >= 11 is 0. The minimum absolute atomic E-state index is 0.132. The number of nitrogens with one attached hydrogen (secondary N) is 1. The Balaban J connectivity index is 1.66. The Kier molecular flexibility index (Phi) is 5.63. The Morgan fingerprint density at radius 1 is 1.10 bits per heavy atom. The molecule has 2 aromatic carbocycles. The number of hydrogen-bond donors (Lipinski definition) is 1. The number of aryl methyl sites for hydroxylation is 2. The summed E-state index contributed by atoms with van der Waals surface area (Å²) in [5.41, 5.74) is 2.74. The summed E-state index contributed by atoms with van der Waals surface area (Å²) in [7, 11) is 0. The van der Waals surface area contributed by atoms with Crippen LogP contribution in [0.1, 0.15) is 23.6 Å². The maximum atomic E-state index is 13.7. The largest absolute Gasteiger partial charge is 0.464 e. The van der Waals surface area contributed by atoms with Crippen molar-refractivity contribution in [3.8, 4) is 0 Å². The lowest BCUT2D eigenvalue weighted by Crippen LogP contribution is -2.30. The summed E-state index contributed by atoms with van der Waals surface area (Å²) < 4.78 is 50.5. The molecule has 3 rings (SSSR count). The molecule has 1 aromatic heterocycles. The molecule has 1 atom stereocenters. The molecule has 0 aliphatic rings. The molecule has 1 N–H and O–H groups in total. The minimum atomic E-state index is -1.70. The molecular formula is C21H18F3NO4. The van der Waals surface area contributed by atoms with Crippen LogP contribution in [0.3, 0.4) is 0 Å². The summed E-state index contributed by atoms with van der Waals surface area (Å²) in [5, 5.41) is 2.84. The third kappa shape index (κ3) is 4.11. The number of benzene rings is 2. The second-order valence-electron chi connectivity index (χ2n) is 6.67. The molecule has 0 aliphatic heterocycles. The van der Waals surface area contributed by atoms with Gasteiger partial charge in [0.15, 0.2) is 23.6 Å². The molecular weight excluding hydrogens is 387 g/mol. The number of carbonyl (C=O) groups is 2. The summed E-state index contributed by atoms with van der Waals surface area (Å²) in [6.45, 7) is 5.14. The number of halogens is 3. The number of ether oxygens (including phenoxy) is 1. The van der Waals surface area contributed by atoms with Crippen LogP contribution in [-0.4, -0.2) is 18.0 Å². The molecule has 0 unspecified atom stereocenters. The number of esters is 1. The average Bonchev–Trinajstić information content (AvgIpc) is 3.08. The van der Waals surface area contributed by atoms with Gasteiger partial charge in [0, 0.05) is 10.9 Å². The standard InChI is InChI=1S/C21H18F3NO4/c1-10-4-5-14-13(9-28-20(14)11(10)2)8-17(26)29-12(3)21(27)25-16-7-6-15(22)18(23)19(16)24/h4-7,9,12H,8H2,1-3H3,(H,25,27)/t12-/m0/s1. The van der Waals surface area contributed by atoms with Crippen molar-refractivity contribution in [2.24, 2.45) is 0 Å². The van der Waals surface area contributed by atoms with Gasteiger partial charge in [0.2, 0.25) is 0 Å². The molecule has 0 saturated heterocycles. The molecule has 1 heterocycles. The number of rotatable bonds is 5. The zero-order chi connectivity index (χ0) is 21.3. The highest BCUT2D eigenvalue weighted by Crippen LogP contribution is 2.27. The Hall–Kier alpha value is -3.29.